The fourth-order valence-corrected chi connectivity index (χ4v) is 3.59. The zero-order chi connectivity index (χ0) is 19.0. The molecule has 2 aromatic rings. The molecule has 2 unspecified atom stereocenters. The van der Waals surface area contributed by atoms with Crippen molar-refractivity contribution in [3.8, 4) is 11.5 Å². The molecule has 0 heterocycles. The van der Waals surface area contributed by atoms with Gasteiger partial charge in [-0.2, -0.15) is 0 Å². The lowest BCUT2D eigenvalue weighted by atomic mass is 9.73. The maximum Gasteiger partial charge on any atom is 0.327 e. The molecule has 0 bridgehead atoms. The van der Waals surface area contributed by atoms with E-state index in [1.807, 2.05) is 6.92 Å². The molecule has 0 aromatic heterocycles. The standard InChI is InChI=1S/C20H18O6/c1-2-10(6-7-16(23)24)12-9-15(22)18-13(19(12)25)8-11-4-3-5-14(21)17(11)20(18)26/h3-8,10,12,21,26H,2,9H2,1H3,(H,23,24). The summed E-state index contributed by atoms with van der Waals surface area (Å²) in [6.45, 7) is 1.82. The minimum Gasteiger partial charge on any atom is -0.507 e. The SMILES string of the molecule is CCC(C=CC(=O)O)C1CC(=O)c2c(cc3cccc(O)c3c2O)C1=O. The summed E-state index contributed by atoms with van der Waals surface area (Å²) >= 11 is 0. The minimum atomic E-state index is -1.11. The van der Waals surface area contributed by atoms with Crippen molar-refractivity contribution in [3.63, 3.8) is 0 Å². The Labute approximate surface area is 149 Å². The van der Waals surface area contributed by atoms with E-state index in [4.69, 9.17) is 5.11 Å². The number of rotatable bonds is 4. The number of aromatic hydroxyl groups is 2. The molecule has 0 amide bonds. The van der Waals surface area contributed by atoms with E-state index in [0.717, 1.165) is 6.08 Å². The number of carbonyl (C=O) groups excluding carboxylic acids is 2. The Balaban J connectivity index is 2.14. The second kappa shape index (κ2) is 6.63. The van der Waals surface area contributed by atoms with E-state index in [-0.39, 0.29) is 40.2 Å². The Hall–Kier alpha value is -3.15. The highest BCUT2D eigenvalue weighted by molar-refractivity contribution is 6.20. The van der Waals surface area contributed by atoms with Crippen LogP contribution in [0.4, 0.5) is 0 Å². The second-order valence-corrected chi connectivity index (χ2v) is 6.39. The van der Waals surface area contributed by atoms with Crippen molar-refractivity contribution in [2.45, 2.75) is 19.8 Å². The molecule has 1 aliphatic carbocycles. The molecule has 3 N–H and O–H groups in total. The van der Waals surface area contributed by atoms with Crippen LogP contribution in [-0.2, 0) is 4.79 Å². The van der Waals surface area contributed by atoms with Crippen molar-refractivity contribution >= 4 is 28.3 Å². The second-order valence-electron chi connectivity index (χ2n) is 6.39. The summed E-state index contributed by atoms with van der Waals surface area (Å²) in [5.41, 5.74) is 0.0429. The first kappa shape index (κ1) is 17.7. The Morgan fingerprint density at radius 3 is 2.69 bits per heavy atom. The van der Waals surface area contributed by atoms with Crippen LogP contribution in [0, 0.1) is 11.8 Å². The molecule has 0 saturated carbocycles. The van der Waals surface area contributed by atoms with E-state index >= 15 is 0 Å². The zero-order valence-corrected chi connectivity index (χ0v) is 14.1. The number of carbonyl (C=O) groups is 3. The fourth-order valence-electron chi connectivity index (χ4n) is 3.59. The Bertz CT molecular complexity index is 956. The molecule has 134 valence electrons. The van der Waals surface area contributed by atoms with Crippen LogP contribution in [-0.4, -0.2) is 32.9 Å². The highest BCUT2D eigenvalue weighted by atomic mass is 16.4. The summed E-state index contributed by atoms with van der Waals surface area (Å²) in [5, 5.41) is 29.9. The third-order valence-electron chi connectivity index (χ3n) is 4.88. The number of hydrogen-bond donors (Lipinski definition) is 3. The van der Waals surface area contributed by atoms with Gasteiger partial charge in [0, 0.05) is 24.0 Å². The summed E-state index contributed by atoms with van der Waals surface area (Å²) in [7, 11) is 0. The number of carboxylic acids is 1. The van der Waals surface area contributed by atoms with Gasteiger partial charge in [-0.05, 0) is 29.9 Å². The average molecular weight is 354 g/mol. The molecule has 26 heavy (non-hydrogen) atoms. The summed E-state index contributed by atoms with van der Waals surface area (Å²) in [5.74, 6) is -3.43. The van der Waals surface area contributed by atoms with Gasteiger partial charge < -0.3 is 15.3 Å². The van der Waals surface area contributed by atoms with Crippen molar-refractivity contribution in [2.24, 2.45) is 11.8 Å². The number of benzene rings is 2. The number of carboxylic acid groups (broad SMARTS) is 1. The maximum atomic E-state index is 13.0. The molecule has 2 atom stereocenters. The molecule has 6 heteroatoms. The number of Topliss-reactive ketones (excluding diaryl/α,β-unsaturated/α-hetero) is 2. The maximum absolute atomic E-state index is 13.0. The van der Waals surface area contributed by atoms with E-state index in [1.54, 1.807) is 12.1 Å². The molecule has 6 nitrogen and oxygen atoms in total. The molecular formula is C20H18O6. The first-order valence-corrected chi connectivity index (χ1v) is 8.31. The molecule has 2 aromatic carbocycles. The first-order chi connectivity index (χ1) is 12.3. The van der Waals surface area contributed by atoms with Crippen LogP contribution in [0.1, 0.15) is 40.5 Å². The Morgan fingerprint density at radius 2 is 2.04 bits per heavy atom. The lowest BCUT2D eigenvalue weighted by Gasteiger charge is -2.28. The van der Waals surface area contributed by atoms with E-state index < -0.39 is 23.6 Å². The average Bonchev–Trinajstić information content (AvgIpc) is 2.59. The van der Waals surface area contributed by atoms with Gasteiger partial charge in [0.25, 0.3) is 0 Å². The van der Waals surface area contributed by atoms with Crippen molar-refractivity contribution in [3.05, 3.63) is 47.5 Å². The molecular weight excluding hydrogens is 336 g/mol. The lowest BCUT2D eigenvalue weighted by Crippen LogP contribution is -2.31. The van der Waals surface area contributed by atoms with Crippen molar-refractivity contribution < 1.29 is 29.7 Å². The smallest absolute Gasteiger partial charge is 0.327 e. The van der Waals surface area contributed by atoms with Crippen molar-refractivity contribution in [1.29, 1.82) is 0 Å². The van der Waals surface area contributed by atoms with E-state index in [1.165, 1.54) is 18.2 Å². The predicted octanol–water partition coefficient (Wildman–Crippen LogP) is 3.30. The number of ketones is 2. The number of fused-ring (bicyclic) bond motifs is 2. The number of allylic oxidation sites excluding steroid dienone is 1. The largest absolute Gasteiger partial charge is 0.507 e. The Kier molecular flexibility index (Phi) is 4.50. The van der Waals surface area contributed by atoms with Crippen LogP contribution >= 0.6 is 0 Å². The minimum absolute atomic E-state index is 0.0719. The van der Waals surface area contributed by atoms with E-state index in [0.29, 0.717) is 11.8 Å². The highest BCUT2D eigenvalue weighted by Crippen LogP contribution is 2.42. The van der Waals surface area contributed by atoms with Crippen LogP contribution in [0.2, 0.25) is 0 Å². The van der Waals surface area contributed by atoms with Crippen LogP contribution in [0.15, 0.2) is 36.4 Å². The molecule has 0 spiro atoms. The molecule has 0 saturated heterocycles. The predicted molar refractivity (Wildman–Crippen MR) is 94.6 cm³/mol. The number of phenolic OH excluding ortho intramolecular Hbond substituents is 2. The molecule has 1 aliphatic rings. The van der Waals surface area contributed by atoms with Gasteiger partial charge in [0.15, 0.2) is 11.6 Å². The monoisotopic (exact) mass is 354 g/mol. The van der Waals surface area contributed by atoms with Gasteiger partial charge in [-0.3, -0.25) is 9.59 Å². The summed E-state index contributed by atoms with van der Waals surface area (Å²) in [6.07, 6.45) is 2.82. The van der Waals surface area contributed by atoms with Gasteiger partial charge in [-0.1, -0.05) is 25.1 Å². The van der Waals surface area contributed by atoms with Gasteiger partial charge >= 0.3 is 5.97 Å². The van der Waals surface area contributed by atoms with Gasteiger partial charge in [0.05, 0.1) is 10.9 Å². The Morgan fingerprint density at radius 1 is 1.31 bits per heavy atom. The van der Waals surface area contributed by atoms with Gasteiger partial charge in [0.2, 0.25) is 0 Å². The third-order valence-corrected chi connectivity index (χ3v) is 4.88. The van der Waals surface area contributed by atoms with Crippen LogP contribution in [0.5, 0.6) is 11.5 Å². The van der Waals surface area contributed by atoms with Gasteiger partial charge in [-0.25, -0.2) is 4.79 Å². The van der Waals surface area contributed by atoms with Crippen LogP contribution in [0.25, 0.3) is 10.8 Å². The molecule has 0 aliphatic heterocycles. The van der Waals surface area contributed by atoms with Crippen molar-refractivity contribution in [2.75, 3.05) is 0 Å². The molecule has 0 fully saturated rings. The first-order valence-electron chi connectivity index (χ1n) is 8.31. The normalized spacial score (nSPS) is 18.3. The number of hydrogen-bond acceptors (Lipinski definition) is 5. The lowest BCUT2D eigenvalue weighted by molar-refractivity contribution is -0.131. The van der Waals surface area contributed by atoms with Crippen molar-refractivity contribution in [1.82, 2.24) is 0 Å². The van der Waals surface area contributed by atoms with Crippen LogP contribution in [0.3, 0.4) is 0 Å². The van der Waals surface area contributed by atoms with Gasteiger partial charge in [0.1, 0.15) is 11.5 Å². The van der Waals surface area contributed by atoms with E-state index in [9.17, 15) is 24.6 Å². The van der Waals surface area contributed by atoms with E-state index in [2.05, 4.69) is 0 Å². The summed E-state index contributed by atoms with van der Waals surface area (Å²) in [6, 6.07) is 6.12. The molecule has 3 rings (SSSR count). The fraction of sp³-hybridized carbons (Fsp3) is 0.250. The van der Waals surface area contributed by atoms with Crippen LogP contribution < -0.4 is 0 Å². The summed E-state index contributed by atoms with van der Waals surface area (Å²) in [4.78, 5) is 36.4. The zero-order valence-electron chi connectivity index (χ0n) is 14.1. The highest BCUT2D eigenvalue weighted by Gasteiger charge is 2.38. The topological polar surface area (TPSA) is 112 Å². The third kappa shape index (κ3) is 2.83. The summed E-state index contributed by atoms with van der Waals surface area (Å²) < 4.78 is 0. The number of phenols is 2. The number of aliphatic carboxylic acids is 1. The quantitative estimate of drug-likeness (QED) is 0.726. The molecule has 0 radical (unpaired) electrons. The van der Waals surface area contributed by atoms with Gasteiger partial charge in [-0.15, -0.1) is 0 Å².